The first-order chi connectivity index (χ1) is 20.3. The van der Waals surface area contributed by atoms with E-state index >= 15 is 0 Å². The van der Waals surface area contributed by atoms with E-state index in [0.29, 0.717) is 61.1 Å². The number of likely N-dealkylation sites (tertiary alicyclic amines) is 1. The summed E-state index contributed by atoms with van der Waals surface area (Å²) in [4.78, 5) is 39.1. The number of nitriles is 1. The number of rotatable bonds is 9. The number of aryl methyl sites for hydroxylation is 3. The number of nitrogens with two attached hydrogens (primary N) is 2. The third-order valence-electron chi connectivity index (χ3n) is 8.99. The number of hydrogen-bond donors (Lipinski definition) is 3. The second-order valence-electron chi connectivity index (χ2n) is 11.4. The fourth-order valence-electron chi connectivity index (χ4n) is 6.82. The molecule has 2 aliphatic carbocycles. The molecule has 2 aromatic carbocycles. The van der Waals surface area contributed by atoms with E-state index < -0.39 is 17.2 Å². The van der Waals surface area contributed by atoms with E-state index in [4.69, 9.17) is 15.9 Å². The van der Waals surface area contributed by atoms with E-state index in [1.54, 1.807) is 17.0 Å². The Morgan fingerprint density at radius 1 is 1.05 bits per heavy atom. The second-order valence-corrected chi connectivity index (χ2v) is 11.4. The van der Waals surface area contributed by atoms with Gasteiger partial charge < -0.3 is 26.1 Å². The Balaban J connectivity index is 1.40. The molecule has 0 spiro atoms. The molecule has 3 amide bonds. The van der Waals surface area contributed by atoms with Crippen molar-refractivity contribution in [1.29, 1.82) is 5.26 Å². The lowest BCUT2D eigenvalue weighted by Crippen LogP contribution is -2.44. The molecule has 3 aliphatic rings. The van der Waals surface area contributed by atoms with Crippen LogP contribution in [0.3, 0.4) is 0 Å². The molecule has 0 radical (unpaired) electrons. The van der Waals surface area contributed by atoms with E-state index in [2.05, 4.69) is 21.6 Å². The van der Waals surface area contributed by atoms with Gasteiger partial charge in [-0.25, -0.2) is 0 Å². The fourth-order valence-corrected chi connectivity index (χ4v) is 6.82. The van der Waals surface area contributed by atoms with Crippen LogP contribution in [0.15, 0.2) is 40.8 Å². The molecule has 3 aromatic rings. The highest BCUT2D eigenvalue weighted by molar-refractivity contribution is 5.94. The highest BCUT2D eigenvalue weighted by Gasteiger charge is 2.54. The number of carbonyl (C=O) groups is 3. The normalized spacial score (nSPS) is 21.4. The summed E-state index contributed by atoms with van der Waals surface area (Å²) >= 11 is 0. The van der Waals surface area contributed by atoms with Gasteiger partial charge in [-0.1, -0.05) is 19.1 Å². The van der Waals surface area contributed by atoms with E-state index in [1.807, 2.05) is 31.2 Å². The topological polar surface area (TPSA) is 181 Å². The lowest BCUT2D eigenvalue weighted by Gasteiger charge is -2.34. The van der Waals surface area contributed by atoms with E-state index in [-0.39, 0.29) is 24.5 Å². The van der Waals surface area contributed by atoms with Gasteiger partial charge in [-0.2, -0.15) is 5.26 Å². The summed E-state index contributed by atoms with van der Waals surface area (Å²) in [5.74, 6) is 0.191. The third kappa shape index (κ3) is 4.61. The van der Waals surface area contributed by atoms with Gasteiger partial charge in [0.1, 0.15) is 11.5 Å². The molecule has 11 nitrogen and oxygen atoms in total. The summed E-state index contributed by atoms with van der Waals surface area (Å²) in [7, 11) is 0. The Hall–Kier alpha value is -4.56. The minimum absolute atomic E-state index is 0.0782. The second kappa shape index (κ2) is 10.7. The van der Waals surface area contributed by atoms with Gasteiger partial charge in [0, 0.05) is 23.6 Å². The number of fused-ring (bicyclic) bond motifs is 3. The summed E-state index contributed by atoms with van der Waals surface area (Å²) in [5.41, 5.74) is 14.7. The molecular formula is C31H33N7O4. The number of piperidine rings is 1. The maximum Gasteiger partial charge on any atom is 0.248 e. The van der Waals surface area contributed by atoms with Crippen LogP contribution in [0.1, 0.15) is 80.9 Å². The maximum atomic E-state index is 13.1. The zero-order valence-corrected chi connectivity index (χ0v) is 23.4. The van der Waals surface area contributed by atoms with Gasteiger partial charge in [0.15, 0.2) is 0 Å². The number of carbonyl (C=O) groups excluding carboxylic acids is 3. The molecular weight excluding hydrogens is 534 g/mol. The van der Waals surface area contributed by atoms with E-state index in [1.165, 1.54) is 0 Å². The van der Waals surface area contributed by atoms with Crippen molar-refractivity contribution in [1.82, 2.24) is 20.4 Å². The van der Waals surface area contributed by atoms with Crippen molar-refractivity contribution in [2.24, 2.45) is 17.4 Å². The van der Waals surface area contributed by atoms with Gasteiger partial charge in [-0.3, -0.25) is 14.4 Å². The number of benzene rings is 2. The zero-order chi connectivity index (χ0) is 29.6. The largest absolute Gasteiger partial charge is 0.424 e. The third-order valence-corrected chi connectivity index (χ3v) is 8.99. The van der Waals surface area contributed by atoms with Gasteiger partial charge in [-0.05, 0) is 91.1 Å². The van der Waals surface area contributed by atoms with Crippen molar-refractivity contribution in [3.05, 3.63) is 81.6 Å². The van der Waals surface area contributed by atoms with Crippen molar-refractivity contribution >= 4 is 17.7 Å². The average Bonchev–Trinajstić information content (AvgIpc) is 3.43. The van der Waals surface area contributed by atoms with Gasteiger partial charge in [0.05, 0.1) is 12.6 Å². The number of amides is 3. The summed E-state index contributed by atoms with van der Waals surface area (Å²) in [6.07, 6.45) is 3.88. The molecule has 3 atom stereocenters. The summed E-state index contributed by atoms with van der Waals surface area (Å²) in [6, 6.07) is 12.9. The molecule has 1 unspecified atom stereocenters. The molecule has 0 bridgehead atoms. The SMILES string of the molecule is CCc1nnc(C2(CCNCC(=O)N3C(C#N)C[C@@H]4C[C@@H]43)c3ccc(C(N)=O)cc3CCc3cc(C(N)=O)ccc32)o1. The standard InChI is InChI=1S/C31H33N7O4/c1-2-26-36-37-30(42-26)31(9-10-35-16-27(39)38-22(15-32)13-21-14-25(21)38)23-7-5-19(28(33)40)11-17(23)3-4-18-12-20(29(34)41)6-8-24(18)31/h5-8,11-12,21-22,25,35H,2-4,9-10,13-14,16H2,1H3,(H2,33,40)(H2,34,41)/t21-,22?,25+/m1/s1. The number of aromatic nitrogens is 2. The van der Waals surface area contributed by atoms with Crippen LogP contribution in [0.2, 0.25) is 0 Å². The van der Waals surface area contributed by atoms with Crippen LogP contribution < -0.4 is 16.8 Å². The van der Waals surface area contributed by atoms with Crippen LogP contribution >= 0.6 is 0 Å². The number of hydrogen-bond acceptors (Lipinski definition) is 8. The molecule has 1 saturated carbocycles. The molecule has 11 heteroatoms. The van der Waals surface area contributed by atoms with Gasteiger partial charge in [0.25, 0.3) is 0 Å². The Kier molecular flexibility index (Phi) is 7.02. The highest BCUT2D eigenvalue weighted by Crippen LogP contribution is 2.48. The summed E-state index contributed by atoms with van der Waals surface area (Å²) < 4.78 is 6.26. The zero-order valence-electron chi connectivity index (χ0n) is 23.4. The monoisotopic (exact) mass is 567 g/mol. The van der Waals surface area contributed by atoms with Crippen LogP contribution in [0, 0.1) is 17.2 Å². The molecule has 1 aliphatic heterocycles. The first-order valence-corrected chi connectivity index (χ1v) is 14.4. The van der Waals surface area contributed by atoms with Crippen molar-refractivity contribution in [3.63, 3.8) is 0 Å². The lowest BCUT2D eigenvalue weighted by molar-refractivity contribution is -0.131. The number of primary amides is 2. The Labute approximate surface area is 243 Å². The van der Waals surface area contributed by atoms with Crippen molar-refractivity contribution in [3.8, 4) is 6.07 Å². The van der Waals surface area contributed by atoms with Gasteiger partial charge in [0.2, 0.25) is 29.5 Å². The lowest BCUT2D eigenvalue weighted by atomic mass is 9.69. The van der Waals surface area contributed by atoms with Crippen molar-refractivity contribution in [2.75, 3.05) is 13.1 Å². The minimum atomic E-state index is -0.950. The van der Waals surface area contributed by atoms with Gasteiger partial charge in [-0.15, -0.1) is 10.2 Å². The Bertz CT molecular complexity index is 1560. The molecule has 1 aromatic heterocycles. The first kappa shape index (κ1) is 27.6. The van der Waals surface area contributed by atoms with Gasteiger partial charge >= 0.3 is 0 Å². The Morgan fingerprint density at radius 3 is 2.24 bits per heavy atom. The van der Waals surface area contributed by atoms with Crippen LogP contribution in [0.25, 0.3) is 0 Å². The van der Waals surface area contributed by atoms with Crippen LogP contribution in [0.4, 0.5) is 0 Å². The molecule has 42 heavy (non-hydrogen) atoms. The minimum Gasteiger partial charge on any atom is -0.424 e. The molecule has 5 N–H and O–H groups in total. The summed E-state index contributed by atoms with van der Waals surface area (Å²) in [5, 5.41) is 21.6. The Morgan fingerprint density at radius 2 is 1.69 bits per heavy atom. The molecule has 6 rings (SSSR count). The van der Waals surface area contributed by atoms with Crippen molar-refractivity contribution in [2.45, 2.75) is 62.9 Å². The van der Waals surface area contributed by atoms with E-state index in [0.717, 1.165) is 35.1 Å². The number of nitrogens with one attached hydrogen (secondary N) is 1. The quantitative estimate of drug-likeness (QED) is 0.327. The van der Waals surface area contributed by atoms with Crippen molar-refractivity contribution < 1.29 is 18.8 Å². The fraction of sp³-hybridized carbons (Fsp3) is 0.419. The predicted molar refractivity (Wildman–Crippen MR) is 151 cm³/mol. The van der Waals surface area contributed by atoms with Crippen LogP contribution in [0.5, 0.6) is 0 Å². The number of nitrogens with zero attached hydrogens (tertiary/aromatic N) is 4. The summed E-state index contributed by atoms with van der Waals surface area (Å²) in [6.45, 7) is 2.44. The smallest absolute Gasteiger partial charge is 0.248 e. The maximum absolute atomic E-state index is 13.1. The van der Waals surface area contributed by atoms with E-state index in [9.17, 15) is 19.6 Å². The van der Waals surface area contributed by atoms with Crippen LogP contribution in [-0.2, 0) is 29.5 Å². The predicted octanol–water partition coefficient (Wildman–Crippen LogP) is 1.76. The first-order valence-electron chi connectivity index (χ1n) is 14.4. The molecule has 2 heterocycles. The average molecular weight is 568 g/mol. The molecule has 216 valence electrons. The highest BCUT2D eigenvalue weighted by atomic mass is 16.4. The molecule has 2 fully saturated rings. The molecule has 1 saturated heterocycles. The van der Waals surface area contributed by atoms with Crippen LogP contribution in [-0.4, -0.2) is 58.0 Å².